The van der Waals surface area contributed by atoms with E-state index in [4.69, 9.17) is 4.74 Å². The largest absolute Gasteiger partial charge is 0.481 e. The Hall–Kier alpha value is -1.90. The van der Waals surface area contributed by atoms with Crippen molar-refractivity contribution in [3.8, 4) is 5.75 Å². The molecule has 2 heterocycles. The lowest BCUT2D eigenvalue weighted by atomic mass is 10.0. The molecule has 1 aliphatic rings. The molecule has 28 heavy (non-hydrogen) atoms. The molecule has 0 bridgehead atoms. The molecule has 6 nitrogen and oxygen atoms in total. The highest BCUT2D eigenvalue weighted by Crippen LogP contribution is 2.28. The number of sulfonamides is 1. The van der Waals surface area contributed by atoms with Crippen molar-refractivity contribution in [3.05, 3.63) is 47.3 Å². The zero-order valence-corrected chi connectivity index (χ0v) is 17.8. The number of thiophene rings is 1. The number of benzene rings is 1. The number of carbonyl (C=O) groups is 1. The maximum Gasteiger partial charge on any atom is 0.261 e. The van der Waals surface area contributed by atoms with Crippen molar-refractivity contribution in [3.63, 3.8) is 0 Å². The minimum atomic E-state index is -3.45. The Morgan fingerprint density at radius 3 is 2.57 bits per heavy atom. The van der Waals surface area contributed by atoms with Crippen LogP contribution in [0.4, 0.5) is 0 Å². The molecule has 1 saturated heterocycles. The summed E-state index contributed by atoms with van der Waals surface area (Å²) in [6.45, 7) is 5.25. The maximum atomic E-state index is 12.8. The summed E-state index contributed by atoms with van der Waals surface area (Å²) in [4.78, 5) is 13.0. The average Bonchev–Trinajstić information content (AvgIpc) is 3.17. The van der Waals surface area contributed by atoms with Crippen LogP contribution in [0, 0.1) is 5.92 Å². The maximum absolute atomic E-state index is 12.8. The molecule has 1 aromatic carbocycles. The Bertz CT molecular complexity index is 888. The van der Waals surface area contributed by atoms with Crippen LogP contribution >= 0.6 is 11.3 Å². The molecule has 0 saturated carbocycles. The minimum Gasteiger partial charge on any atom is -0.481 e. The van der Waals surface area contributed by atoms with E-state index in [1.807, 2.05) is 18.2 Å². The van der Waals surface area contributed by atoms with Crippen LogP contribution in [0.1, 0.15) is 31.6 Å². The van der Waals surface area contributed by atoms with E-state index < -0.39 is 16.1 Å². The van der Waals surface area contributed by atoms with Gasteiger partial charge in [0.15, 0.2) is 6.10 Å². The van der Waals surface area contributed by atoms with Crippen LogP contribution < -0.4 is 10.1 Å². The Labute approximate surface area is 170 Å². The Kier molecular flexibility index (Phi) is 6.74. The van der Waals surface area contributed by atoms with E-state index in [0.717, 1.165) is 17.7 Å². The lowest BCUT2D eigenvalue weighted by molar-refractivity contribution is -0.127. The first-order chi connectivity index (χ1) is 13.4. The lowest BCUT2D eigenvalue weighted by Crippen LogP contribution is -2.37. The first kappa shape index (κ1) is 20.8. The van der Waals surface area contributed by atoms with Gasteiger partial charge < -0.3 is 10.1 Å². The molecule has 0 unspecified atom stereocenters. The third-order valence-electron chi connectivity index (χ3n) is 4.84. The van der Waals surface area contributed by atoms with Crippen LogP contribution in [0.15, 0.2) is 46.7 Å². The smallest absolute Gasteiger partial charge is 0.261 e. The van der Waals surface area contributed by atoms with Crippen molar-refractivity contribution >= 4 is 27.3 Å². The molecule has 1 N–H and O–H groups in total. The molecule has 1 aromatic heterocycles. The predicted octanol–water partition coefficient (Wildman–Crippen LogP) is 3.25. The zero-order chi connectivity index (χ0) is 20.1. The first-order valence-corrected chi connectivity index (χ1v) is 11.7. The van der Waals surface area contributed by atoms with Gasteiger partial charge in [-0.3, -0.25) is 4.79 Å². The van der Waals surface area contributed by atoms with Gasteiger partial charge in [-0.2, -0.15) is 4.31 Å². The Morgan fingerprint density at radius 2 is 1.89 bits per heavy atom. The normalized spacial score (nSPS) is 17.2. The highest BCUT2D eigenvalue weighted by atomic mass is 32.2. The van der Waals surface area contributed by atoms with Crippen LogP contribution in [0.2, 0.25) is 0 Å². The van der Waals surface area contributed by atoms with E-state index in [0.29, 0.717) is 29.0 Å². The van der Waals surface area contributed by atoms with Gasteiger partial charge in [-0.25, -0.2) is 8.42 Å². The van der Waals surface area contributed by atoms with E-state index in [9.17, 15) is 13.2 Å². The van der Waals surface area contributed by atoms with Crippen LogP contribution in [0.3, 0.4) is 0 Å². The molecule has 0 radical (unpaired) electrons. The fourth-order valence-electron chi connectivity index (χ4n) is 3.02. The topological polar surface area (TPSA) is 75.7 Å². The van der Waals surface area contributed by atoms with Gasteiger partial charge >= 0.3 is 0 Å². The van der Waals surface area contributed by atoms with Crippen LogP contribution in [0.25, 0.3) is 0 Å². The fraction of sp³-hybridized carbons (Fsp3) is 0.450. The minimum absolute atomic E-state index is 0.244. The molecular weight excluding hydrogens is 396 g/mol. The van der Waals surface area contributed by atoms with Crippen LogP contribution in [-0.4, -0.2) is 37.8 Å². The van der Waals surface area contributed by atoms with Gasteiger partial charge in [0.05, 0.1) is 6.54 Å². The number of amides is 1. The fourth-order valence-corrected chi connectivity index (χ4v) is 5.94. The summed E-state index contributed by atoms with van der Waals surface area (Å²) in [7, 11) is -3.45. The summed E-state index contributed by atoms with van der Waals surface area (Å²) in [6.07, 6.45) is 1.15. The van der Waals surface area contributed by atoms with Gasteiger partial charge in [-0.05, 0) is 49.9 Å². The Balaban J connectivity index is 1.55. The number of hydrogen-bond donors (Lipinski definition) is 1. The van der Waals surface area contributed by atoms with E-state index >= 15 is 0 Å². The van der Waals surface area contributed by atoms with Gasteiger partial charge in [0.2, 0.25) is 0 Å². The summed E-state index contributed by atoms with van der Waals surface area (Å²) in [6, 6.07) is 12.5. The third-order valence-corrected chi connectivity index (χ3v) is 8.29. The van der Waals surface area contributed by atoms with Crippen LogP contribution in [0.5, 0.6) is 5.75 Å². The molecule has 1 fully saturated rings. The summed E-state index contributed by atoms with van der Waals surface area (Å²) in [5.74, 6) is 0.956. The molecule has 8 heteroatoms. The van der Waals surface area contributed by atoms with Crippen molar-refractivity contribution in [1.29, 1.82) is 0 Å². The standard InChI is InChI=1S/C20H26N2O4S2/c1-15-10-12-22(13-11-15)28(24,25)19-9-8-18(27-19)14-21-20(23)16(2)26-17-6-4-3-5-7-17/h3-9,15-16H,10-14H2,1-2H3,(H,21,23)/t16-/m1/s1. The SMILES string of the molecule is CC1CCN(S(=O)(=O)c2ccc(CNC(=O)[C@@H](C)Oc3ccccc3)s2)CC1. The predicted molar refractivity (Wildman–Crippen MR) is 110 cm³/mol. The number of nitrogens with zero attached hydrogens (tertiary/aromatic N) is 1. The second kappa shape index (κ2) is 9.07. The number of para-hydroxylation sites is 1. The number of ether oxygens (including phenoxy) is 1. The highest BCUT2D eigenvalue weighted by Gasteiger charge is 2.29. The summed E-state index contributed by atoms with van der Waals surface area (Å²) >= 11 is 1.21. The monoisotopic (exact) mass is 422 g/mol. The van der Waals surface area contributed by atoms with Crippen molar-refractivity contribution in [2.45, 2.75) is 43.5 Å². The van der Waals surface area contributed by atoms with Gasteiger partial charge in [-0.15, -0.1) is 11.3 Å². The molecule has 1 amide bonds. The molecule has 152 valence electrons. The molecule has 1 atom stereocenters. The number of rotatable bonds is 7. The number of carbonyl (C=O) groups excluding carboxylic acids is 1. The molecule has 2 aromatic rings. The molecule has 0 aliphatic carbocycles. The second-order valence-electron chi connectivity index (χ2n) is 7.10. The first-order valence-electron chi connectivity index (χ1n) is 9.44. The number of hydrogen-bond acceptors (Lipinski definition) is 5. The van der Waals surface area contributed by atoms with Gasteiger partial charge in [0.1, 0.15) is 9.96 Å². The van der Waals surface area contributed by atoms with E-state index in [-0.39, 0.29) is 12.5 Å². The van der Waals surface area contributed by atoms with Crippen LogP contribution in [-0.2, 0) is 21.4 Å². The Morgan fingerprint density at radius 1 is 1.21 bits per heavy atom. The van der Waals surface area contributed by atoms with E-state index in [1.165, 1.54) is 11.3 Å². The van der Waals surface area contributed by atoms with Gasteiger partial charge in [-0.1, -0.05) is 25.1 Å². The van der Waals surface area contributed by atoms with Crippen molar-refractivity contribution in [1.82, 2.24) is 9.62 Å². The summed E-state index contributed by atoms with van der Waals surface area (Å²) < 4.78 is 33.1. The molecule has 3 rings (SSSR count). The number of piperidine rings is 1. The van der Waals surface area contributed by atoms with Crippen molar-refractivity contribution in [2.75, 3.05) is 13.1 Å². The van der Waals surface area contributed by atoms with E-state index in [1.54, 1.807) is 35.5 Å². The second-order valence-corrected chi connectivity index (χ2v) is 10.4. The molecule has 0 spiro atoms. The summed E-state index contributed by atoms with van der Waals surface area (Å²) in [5, 5.41) is 2.81. The van der Waals surface area contributed by atoms with Crippen molar-refractivity contribution in [2.24, 2.45) is 5.92 Å². The van der Waals surface area contributed by atoms with E-state index in [2.05, 4.69) is 12.2 Å². The quantitative estimate of drug-likeness (QED) is 0.743. The lowest BCUT2D eigenvalue weighted by Gasteiger charge is -2.28. The number of nitrogens with one attached hydrogen (secondary N) is 1. The average molecular weight is 423 g/mol. The van der Waals surface area contributed by atoms with Gasteiger partial charge in [0, 0.05) is 18.0 Å². The third kappa shape index (κ3) is 5.12. The molecule has 1 aliphatic heterocycles. The molecular formula is C20H26N2O4S2. The summed E-state index contributed by atoms with van der Waals surface area (Å²) in [5.41, 5.74) is 0. The van der Waals surface area contributed by atoms with Crippen molar-refractivity contribution < 1.29 is 17.9 Å². The zero-order valence-electron chi connectivity index (χ0n) is 16.1. The van der Waals surface area contributed by atoms with Gasteiger partial charge in [0.25, 0.3) is 15.9 Å². The highest BCUT2D eigenvalue weighted by molar-refractivity contribution is 7.91.